The standard InChI is InChI=1S/C14H19NO/c16-14(10-5-1-2-6-10)13-12-8-4-3-7-11(12)9-15-13/h3-4,7-8,10,13-16H,1-2,5-6,9H2. The van der Waals surface area contributed by atoms with Crippen LogP contribution in [0.5, 0.6) is 0 Å². The van der Waals surface area contributed by atoms with Crippen molar-refractivity contribution in [3.8, 4) is 0 Å². The number of rotatable bonds is 2. The van der Waals surface area contributed by atoms with E-state index in [1.54, 1.807) is 0 Å². The maximum Gasteiger partial charge on any atom is 0.0763 e. The van der Waals surface area contributed by atoms with E-state index in [0.717, 1.165) is 6.54 Å². The van der Waals surface area contributed by atoms with Gasteiger partial charge in [-0.2, -0.15) is 0 Å². The number of fused-ring (bicyclic) bond motifs is 1. The van der Waals surface area contributed by atoms with E-state index in [4.69, 9.17) is 0 Å². The van der Waals surface area contributed by atoms with E-state index in [1.165, 1.54) is 36.8 Å². The lowest BCUT2D eigenvalue weighted by Crippen LogP contribution is -2.31. The Morgan fingerprint density at radius 1 is 1.19 bits per heavy atom. The van der Waals surface area contributed by atoms with Crippen molar-refractivity contribution in [2.75, 3.05) is 0 Å². The Hall–Kier alpha value is -0.860. The van der Waals surface area contributed by atoms with Crippen molar-refractivity contribution in [2.45, 2.75) is 44.4 Å². The fourth-order valence-corrected chi connectivity index (χ4v) is 3.20. The van der Waals surface area contributed by atoms with Gasteiger partial charge in [0.25, 0.3) is 0 Å². The quantitative estimate of drug-likeness (QED) is 0.797. The summed E-state index contributed by atoms with van der Waals surface area (Å²) in [6.45, 7) is 0.907. The van der Waals surface area contributed by atoms with E-state index >= 15 is 0 Å². The van der Waals surface area contributed by atoms with Gasteiger partial charge >= 0.3 is 0 Å². The molecule has 1 saturated carbocycles. The summed E-state index contributed by atoms with van der Waals surface area (Å²) in [5.74, 6) is 0.503. The van der Waals surface area contributed by atoms with Crippen LogP contribution in [-0.2, 0) is 6.54 Å². The summed E-state index contributed by atoms with van der Waals surface area (Å²) in [6.07, 6.45) is 4.76. The maximum absolute atomic E-state index is 10.4. The first-order valence-electron chi connectivity index (χ1n) is 6.35. The number of hydrogen-bond acceptors (Lipinski definition) is 2. The zero-order chi connectivity index (χ0) is 11.0. The highest BCUT2D eigenvalue weighted by atomic mass is 16.3. The van der Waals surface area contributed by atoms with Gasteiger partial charge in [0, 0.05) is 6.54 Å². The van der Waals surface area contributed by atoms with Crippen molar-refractivity contribution in [3.63, 3.8) is 0 Å². The molecular formula is C14H19NO. The molecule has 1 aliphatic heterocycles. The molecule has 0 amide bonds. The van der Waals surface area contributed by atoms with Gasteiger partial charge in [0.2, 0.25) is 0 Å². The van der Waals surface area contributed by atoms with Crippen LogP contribution in [-0.4, -0.2) is 11.2 Å². The van der Waals surface area contributed by atoms with Crippen molar-refractivity contribution < 1.29 is 5.11 Å². The minimum Gasteiger partial charge on any atom is -0.391 e. The van der Waals surface area contributed by atoms with Crippen LogP contribution in [0.25, 0.3) is 0 Å². The number of nitrogens with one attached hydrogen (secondary N) is 1. The molecule has 1 aliphatic carbocycles. The highest BCUT2D eigenvalue weighted by molar-refractivity contribution is 5.34. The maximum atomic E-state index is 10.4. The van der Waals surface area contributed by atoms with Gasteiger partial charge in [0.15, 0.2) is 0 Å². The predicted octanol–water partition coefficient (Wildman–Crippen LogP) is 2.38. The zero-order valence-corrected chi connectivity index (χ0v) is 9.52. The fourth-order valence-electron chi connectivity index (χ4n) is 3.20. The fraction of sp³-hybridized carbons (Fsp3) is 0.571. The van der Waals surface area contributed by atoms with E-state index in [-0.39, 0.29) is 12.1 Å². The zero-order valence-electron chi connectivity index (χ0n) is 9.52. The second-order valence-corrected chi connectivity index (χ2v) is 5.09. The summed E-state index contributed by atoms with van der Waals surface area (Å²) < 4.78 is 0. The van der Waals surface area contributed by atoms with Crippen molar-refractivity contribution in [1.29, 1.82) is 0 Å². The van der Waals surface area contributed by atoms with Crippen LogP contribution >= 0.6 is 0 Å². The third kappa shape index (κ3) is 1.66. The highest BCUT2D eigenvalue weighted by Gasteiger charge is 2.34. The van der Waals surface area contributed by atoms with Gasteiger partial charge in [-0.25, -0.2) is 0 Å². The summed E-state index contributed by atoms with van der Waals surface area (Å²) in [5.41, 5.74) is 2.66. The monoisotopic (exact) mass is 217 g/mol. The van der Waals surface area contributed by atoms with Crippen LogP contribution in [0, 0.1) is 5.92 Å². The summed E-state index contributed by atoms with van der Waals surface area (Å²) in [6, 6.07) is 8.62. The van der Waals surface area contributed by atoms with Crippen LogP contribution in [0.4, 0.5) is 0 Å². The van der Waals surface area contributed by atoms with Gasteiger partial charge in [0.1, 0.15) is 0 Å². The number of aliphatic hydroxyl groups excluding tert-OH is 1. The first-order valence-corrected chi connectivity index (χ1v) is 6.35. The Morgan fingerprint density at radius 2 is 1.94 bits per heavy atom. The Balaban J connectivity index is 1.81. The Morgan fingerprint density at radius 3 is 2.75 bits per heavy atom. The van der Waals surface area contributed by atoms with Crippen LogP contribution in [0.1, 0.15) is 42.9 Å². The largest absolute Gasteiger partial charge is 0.391 e. The first-order chi connectivity index (χ1) is 7.86. The minimum atomic E-state index is -0.203. The van der Waals surface area contributed by atoms with Crippen LogP contribution in [0.3, 0.4) is 0 Å². The van der Waals surface area contributed by atoms with Crippen molar-refractivity contribution in [3.05, 3.63) is 35.4 Å². The Bertz CT molecular complexity index is 371. The molecule has 2 N–H and O–H groups in total. The molecule has 2 heteroatoms. The second kappa shape index (κ2) is 4.19. The molecule has 0 aromatic heterocycles. The summed E-state index contributed by atoms with van der Waals surface area (Å²) >= 11 is 0. The molecule has 2 unspecified atom stereocenters. The lowest BCUT2D eigenvalue weighted by Gasteiger charge is -2.25. The number of benzene rings is 1. The van der Waals surface area contributed by atoms with Crippen LogP contribution in [0.2, 0.25) is 0 Å². The molecule has 16 heavy (non-hydrogen) atoms. The van der Waals surface area contributed by atoms with Gasteiger partial charge in [0.05, 0.1) is 12.1 Å². The van der Waals surface area contributed by atoms with Crippen molar-refractivity contribution in [1.82, 2.24) is 5.32 Å². The SMILES string of the molecule is OC(C1CCCC1)C1NCc2ccccc21. The van der Waals surface area contributed by atoms with Gasteiger partial charge in [-0.3, -0.25) is 0 Å². The smallest absolute Gasteiger partial charge is 0.0763 e. The van der Waals surface area contributed by atoms with E-state index in [1.807, 2.05) is 0 Å². The normalized spacial score (nSPS) is 26.9. The Labute approximate surface area is 96.7 Å². The lowest BCUT2D eigenvalue weighted by atomic mass is 9.91. The van der Waals surface area contributed by atoms with Crippen molar-refractivity contribution >= 4 is 0 Å². The molecule has 1 aromatic rings. The molecule has 0 spiro atoms. The lowest BCUT2D eigenvalue weighted by molar-refractivity contribution is 0.0742. The van der Waals surface area contributed by atoms with Gasteiger partial charge in [-0.05, 0) is 29.9 Å². The molecule has 1 aromatic carbocycles. The summed E-state index contributed by atoms with van der Waals surface area (Å²) in [4.78, 5) is 0. The van der Waals surface area contributed by atoms with E-state index < -0.39 is 0 Å². The second-order valence-electron chi connectivity index (χ2n) is 5.09. The first kappa shape index (κ1) is 10.3. The number of hydrogen-bond donors (Lipinski definition) is 2. The average Bonchev–Trinajstić information content (AvgIpc) is 2.98. The molecule has 86 valence electrons. The molecule has 2 atom stereocenters. The molecule has 0 saturated heterocycles. The van der Waals surface area contributed by atoms with Crippen LogP contribution < -0.4 is 5.32 Å². The molecular weight excluding hydrogens is 198 g/mol. The third-order valence-corrected chi connectivity index (χ3v) is 4.13. The topological polar surface area (TPSA) is 32.3 Å². The van der Waals surface area contributed by atoms with Gasteiger partial charge < -0.3 is 10.4 Å². The molecule has 3 rings (SSSR count). The van der Waals surface area contributed by atoms with E-state index in [2.05, 4.69) is 29.6 Å². The summed E-state index contributed by atoms with van der Waals surface area (Å²) in [5, 5.41) is 13.9. The van der Waals surface area contributed by atoms with Crippen LogP contribution in [0.15, 0.2) is 24.3 Å². The van der Waals surface area contributed by atoms with E-state index in [0.29, 0.717) is 5.92 Å². The summed E-state index contributed by atoms with van der Waals surface area (Å²) in [7, 11) is 0. The highest BCUT2D eigenvalue weighted by Crippen LogP contribution is 2.36. The van der Waals surface area contributed by atoms with Gasteiger partial charge in [-0.1, -0.05) is 37.1 Å². The molecule has 2 aliphatic rings. The van der Waals surface area contributed by atoms with Gasteiger partial charge in [-0.15, -0.1) is 0 Å². The molecule has 1 heterocycles. The van der Waals surface area contributed by atoms with Crippen molar-refractivity contribution in [2.24, 2.45) is 5.92 Å². The minimum absolute atomic E-state index is 0.166. The average molecular weight is 217 g/mol. The Kier molecular flexibility index (Phi) is 2.70. The molecule has 0 radical (unpaired) electrons. The predicted molar refractivity (Wildman–Crippen MR) is 64.0 cm³/mol. The molecule has 2 nitrogen and oxygen atoms in total. The van der Waals surface area contributed by atoms with E-state index in [9.17, 15) is 5.11 Å². The number of aliphatic hydroxyl groups is 1. The third-order valence-electron chi connectivity index (χ3n) is 4.13. The molecule has 0 bridgehead atoms. The molecule has 1 fully saturated rings.